The highest BCUT2D eigenvalue weighted by atomic mass is 79.9. The number of anilines is 1. The van der Waals surface area contributed by atoms with Crippen LogP contribution in [0.25, 0.3) is 0 Å². The highest BCUT2D eigenvalue weighted by molar-refractivity contribution is 9.10. The zero-order chi connectivity index (χ0) is 21.6. The van der Waals surface area contributed by atoms with Gasteiger partial charge < -0.3 is 19.5 Å². The first-order valence-electron chi connectivity index (χ1n) is 8.95. The first-order valence-corrected chi connectivity index (χ1v) is 9.75. The average molecular weight is 476 g/mol. The average Bonchev–Trinajstić information content (AvgIpc) is 2.65. The number of halogens is 4. The first-order chi connectivity index (χ1) is 13.7. The quantitative estimate of drug-likeness (QED) is 0.514. The molecule has 0 aliphatic carbocycles. The smallest absolute Gasteiger partial charge is 0.417 e. The Morgan fingerprint density at radius 3 is 2.00 bits per heavy atom. The number of carbonyl (C=O) groups is 1. The monoisotopic (exact) mass is 475 g/mol. The van der Waals surface area contributed by atoms with E-state index < -0.39 is 17.6 Å². The van der Waals surface area contributed by atoms with Crippen molar-refractivity contribution in [1.29, 1.82) is 0 Å². The van der Waals surface area contributed by atoms with E-state index >= 15 is 0 Å². The summed E-state index contributed by atoms with van der Waals surface area (Å²) in [5, 5.41) is 2.48. The van der Waals surface area contributed by atoms with E-state index in [1.807, 2.05) is 0 Å². The van der Waals surface area contributed by atoms with E-state index in [1.54, 1.807) is 20.8 Å². The lowest BCUT2D eigenvalue weighted by Crippen LogP contribution is -2.14. The highest BCUT2D eigenvalue weighted by Gasteiger charge is 2.33. The molecule has 0 radical (unpaired) electrons. The van der Waals surface area contributed by atoms with Crippen molar-refractivity contribution < 1.29 is 32.2 Å². The van der Waals surface area contributed by atoms with Crippen LogP contribution in [0.5, 0.6) is 17.2 Å². The van der Waals surface area contributed by atoms with Crippen molar-refractivity contribution in [3.63, 3.8) is 0 Å². The van der Waals surface area contributed by atoms with Gasteiger partial charge in [-0.1, -0.05) is 15.9 Å². The topological polar surface area (TPSA) is 56.8 Å². The SMILES string of the molecule is CCOc1cc(C(=O)Nc2ccc(Br)c(C(F)(F)F)c2)cc(OCC)c1OCC. The molecular formula is C20H21BrF3NO4. The molecular weight excluding hydrogens is 455 g/mol. The normalized spacial score (nSPS) is 11.1. The van der Waals surface area contributed by atoms with Crippen LogP contribution in [0.1, 0.15) is 36.7 Å². The van der Waals surface area contributed by atoms with E-state index in [0.29, 0.717) is 37.1 Å². The molecule has 0 aliphatic rings. The van der Waals surface area contributed by atoms with E-state index in [1.165, 1.54) is 24.3 Å². The van der Waals surface area contributed by atoms with Crippen LogP contribution in [0.15, 0.2) is 34.8 Å². The third kappa shape index (κ3) is 5.79. The molecule has 2 aromatic rings. The van der Waals surface area contributed by atoms with Crippen LogP contribution in [0.3, 0.4) is 0 Å². The molecule has 0 spiro atoms. The number of carbonyl (C=O) groups excluding carboxylic acids is 1. The lowest BCUT2D eigenvalue weighted by atomic mass is 10.1. The molecule has 0 unspecified atom stereocenters. The van der Waals surface area contributed by atoms with Gasteiger partial charge in [0.25, 0.3) is 5.91 Å². The molecule has 0 atom stereocenters. The van der Waals surface area contributed by atoms with Gasteiger partial charge in [0.05, 0.1) is 25.4 Å². The molecule has 0 saturated carbocycles. The number of rotatable bonds is 8. The van der Waals surface area contributed by atoms with Gasteiger partial charge in [0.1, 0.15) is 0 Å². The van der Waals surface area contributed by atoms with Gasteiger partial charge in [-0.3, -0.25) is 4.79 Å². The summed E-state index contributed by atoms with van der Waals surface area (Å²) in [6, 6.07) is 6.40. The Morgan fingerprint density at radius 2 is 1.52 bits per heavy atom. The number of hydrogen-bond acceptors (Lipinski definition) is 4. The standard InChI is InChI=1S/C20H21BrF3NO4/c1-4-27-16-9-12(10-17(28-5-2)18(16)29-6-3)19(26)25-13-7-8-15(21)14(11-13)20(22,23)24/h7-11H,4-6H2,1-3H3,(H,25,26). The summed E-state index contributed by atoms with van der Waals surface area (Å²) in [5.74, 6) is 0.399. The molecule has 1 N–H and O–H groups in total. The Hall–Kier alpha value is -2.42. The van der Waals surface area contributed by atoms with E-state index in [-0.39, 0.29) is 15.7 Å². The van der Waals surface area contributed by atoms with E-state index in [2.05, 4.69) is 21.2 Å². The molecule has 0 fully saturated rings. The second-order valence-corrected chi connectivity index (χ2v) is 6.60. The van der Waals surface area contributed by atoms with Gasteiger partial charge in [0.2, 0.25) is 5.75 Å². The maximum atomic E-state index is 13.1. The molecule has 1 amide bonds. The molecule has 0 saturated heterocycles. The van der Waals surface area contributed by atoms with Gasteiger partial charge in [0, 0.05) is 15.7 Å². The molecule has 29 heavy (non-hydrogen) atoms. The fourth-order valence-electron chi connectivity index (χ4n) is 2.54. The maximum Gasteiger partial charge on any atom is 0.417 e. The minimum absolute atomic E-state index is 0.00956. The van der Waals surface area contributed by atoms with Gasteiger partial charge in [-0.25, -0.2) is 0 Å². The summed E-state index contributed by atoms with van der Waals surface area (Å²) < 4.78 is 55.9. The Labute approximate surface area is 175 Å². The minimum atomic E-state index is -4.55. The summed E-state index contributed by atoms with van der Waals surface area (Å²) in [5.41, 5.74) is -0.709. The molecule has 0 bridgehead atoms. The largest absolute Gasteiger partial charge is 0.490 e. The lowest BCUT2D eigenvalue weighted by Gasteiger charge is -2.17. The van der Waals surface area contributed by atoms with Crippen LogP contribution < -0.4 is 19.5 Å². The van der Waals surface area contributed by atoms with Crippen molar-refractivity contribution in [2.24, 2.45) is 0 Å². The van der Waals surface area contributed by atoms with Gasteiger partial charge in [-0.05, 0) is 51.1 Å². The van der Waals surface area contributed by atoms with Crippen LogP contribution in [0, 0.1) is 0 Å². The Bertz CT molecular complexity index is 844. The van der Waals surface area contributed by atoms with Crippen LogP contribution in [0.2, 0.25) is 0 Å². The number of hydrogen-bond donors (Lipinski definition) is 1. The molecule has 2 aromatic carbocycles. The summed E-state index contributed by atoms with van der Waals surface area (Å²) in [7, 11) is 0. The summed E-state index contributed by atoms with van der Waals surface area (Å²) >= 11 is 2.87. The van der Waals surface area contributed by atoms with E-state index in [0.717, 1.165) is 6.07 Å². The van der Waals surface area contributed by atoms with E-state index in [4.69, 9.17) is 14.2 Å². The molecule has 9 heteroatoms. The van der Waals surface area contributed by atoms with Crippen LogP contribution >= 0.6 is 15.9 Å². The van der Waals surface area contributed by atoms with Crippen molar-refractivity contribution >= 4 is 27.5 Å². The fourth-order valence-corrected chi connectivity index (χ4v) is 3.01. The third-order valence-electron chi connectivity index (χ3n) is 3.70. The third-order valence-corrected chi connectivity index (χ3v) is 4.39. The Morgan fingerprint density at radius 1 is 0.966 bits per heavy atom. The summed E-state index contributed by atoms with van der Waals surface area (Å²) in [6.07, 6.45) is -4.55. The summed E-state index contributed by atoms with van der Waals surface area (Å²) in [4.78, 5) is 12.7. The molecule has 2 rings (SSSR count). The number of alkyl halides is 3. The number of ether oxygens (including phenoxy) is 3. The van der Waals surface area contributed by atoms with Gasteiger partial charge >= 0.3 is 6.18 Å². The van der Waals surface area contributed by atoms with Gasteiger partial charge in [-0.2, -0.15) is 13.2 Å². The van der Waals surface area contributed by atoms with Crippen molar-refractivity contribution in [1.82, 2.24) is 0 Å². The number of benzene rings is 2. The number of nitrogens with one attached hydrogen (secondary N) is 1. The second-order valence-electron chi connectivity index (χ2n) is 5.75. The van der Waals surface area contributed by atoms with Crippen molar-refractivity contribution in [3.8, 4) is 17.2 Å². The van der Waals surface area contributed by atoms with Crippen LogP contribution in [0.4, 0.5) is 18.9 Å². The molecule has 5 nitrogen and oxygen atoms in total. The maximum absolute atomic E-state index is 13.1. The lowest BCUT2D eigenvalue weighted by molar-refractivity contribution is -0.138. The molecule has 0 heterocycles. The summed E-state index contributed by atoms with van der Waals surface area (Å²) in [6.45, 7) is 6.39. The van der Waals surface area contributed by atoms with Gasteiger partial charge in [-0.15, -0.1) is 0 Å². The van der Waals surface area contributed by atoms with Crippen LogP contribution in [-0.2, 0) is 6.18 Å². The molecule has 0 aliphatic heterocycles. The Kier molecular flexibility index (Phi) is 7.78. The first kappa shape index (κ1) is 22.9. The highest BCUT2D eigenvalue weighted by Crippen LogP contribution is 2.40. The second kappa shape index (κ2) is 9.87. The number of amides is 1. The van der Waals surface area contributed by atoms with Crippen molar-refractivity contribution in [2.75, 3.05) is 25.1 Å². The fraction of sp³-hybridized carbons (Fsp3) is 0.350. The zero-order valence-corrected chi connectivity index (χ0v) is 17.7. The Balaban J connectivity index is 2.40. The van der Waals surface area contributed by atoms with Gasteiger partial charge in [0.15, 0.2) is 11.5 Å². The van der Waals surface area contributed by atoms with Crippen LogP contribution in [-0.4, -0.2) is 25.7 Å². The van der Waals surface area contributed by atoms with E-state index in [9.17, 15) is 18.0 Å². The predicted octanol–water partition coefficient (Wildman–Crippen LogP) is 5.92. The zero-order valence-electron chi connectivity index (χ0n) is 16.2. The minimum Gasteiger partial charge on any atom is -0.490 e. The van der Waals surface area contributed by atoms with Crippen molar-refractivity contribution in [3.05, 3.63) is 45.9 Å². The molecule has 0 aromatic heterocycles. The molecule has 158 valence electrons. The predicted molar refractivity (Wildman–Crippen MR) is 107 cm³/mol. The van der Waals surface area contributed by atoms with Crippen molar-refractivity contribution in [2.45, 2.75) is 26.9 Å².